The zero-order chi connectivity index (χ0) is 11.9. The maximum absolute atomic E-state index is 10.9. The molecule has 0 saturated carbocycles. The third-order valence-corrected chi connectivity index (χ3v) is 2.13. The van der Waals surface area contributed by atoms with Gasteiger partial charge in [-0.25, -0.2) is 0 Å². The first-order valence-corrected chi connectivity index (χ1v) is 4.72. The number of hydrogen-bond donors (Lipinski definition) is 6. The zero-order valence-corrected chi connectivity index (χ0v) is 8.62. The average Bonchev–Trinajstić information content (AvgIpc) is 2.12. The van der Waals surface area contributed by atoms with Gasteiger partial charge in [0.25, 0.3) is 0 Å². The van der Waals surface area contributed by atoms with Crippen LogP contribution in [0.25, 0.3) is 0 Å². The second-order valence-electron chi connectivity index (χ2n) is 3.44. The summed E-state index contributed by atoms with van der Waals surface area (Å²) in [6, 6.07) is 0. The number of nitrogens with one attached hydrogen (secondary N) is 2. The highest BCUT2D eigenvalue weighted by Gasteiger charge is 2.32. The van der Waals surface area contributed by atoms with E-state index in [4.69, 9.17) is 27.7 Å². The molecule has 1 atom stereocenters. The van der Waals surface area contributed by atoms with Crippen LogP contribution >= 0.6 is 0 Å². The summed E-state index contributed by atoms with van der Waals surface area (Å²) in [5, 5.41) is 18.4. The van der Waals surface area contributed by atoms with E-state index in [2.05, 4.69) is 5.32 Å². The number of carbonyl (C=O) groups is 1. The molecule has 0 bridgehead atoms. The van der Waals surface area contributed by atoms with Crippen molar-refractivity contribution in [3.05, 3.63) is 0 Å². The predicted octanol–water partition coefficient (Wildman–Crippen LogP) is -1.62. The van der Waals surface area contributed by atoms with Gasteiger partial charge in [0, 0.05) is 6.54 Å². The van der Waals surface area contributed by atoms with Gasteiger partial charge in [-0.3, -0.25) is 10.2 Å². The number of rotatable bonds is 7. The molecule has 7 heteroatoms. The fraction of sp³-hybridized carbons (Fsp3) is 0.750. The third-order valence-electron chi connectivity index (χ3n) is 2.13. The molecule has 88 valence electrons. The molecule has 0 aliphatic carbocycles. The first-order valence-electron chi connectivity index (χ1n) is 4.72. The third kappa shape index (κ3) is 5.18. The van der Waals surface area contributed by atoms with Gasteiger partial charge in [-0.2, -0.15) is 0 Å². The molecule has 0 unspecified atom stereocenters. The number of nitrogens with two attached hydrogens (primary N) is 3. The average molecular weight is 217 g/mol. The minimum Gasteiger partial charge on any atom is -0.480 e. The summed E-state index contributed by atoms with van der Waals surface area (Å²) in [5.41, 5.74) is 14.8. The Labute approximate surface area is 88.5 Å². The standard InChI is InChI=1S/C8H19N5O2/c9-4-3-8(12,6(14)15)2-1-5-13-7(10)11/h1-5,9,12H2,(H,14,15)(H4,10,11,13)/t8-/m1/s1. The molecule has 0 aromatic heterocycles. The highest BCUT2D eigenvalue weighted by atomic mass is 16.4. The summed E-state index contributed by atoms with van der Waals surface area (Å²) in [6.07, 6.45) is 1.07. The molecule has 0 amide bonds. The van der Waals surface area contributed by atoms with Crippen LogP contribution < -0.4 is 22.5 Å². The Morgan fingerprint density at radius 2 is 2.07 bits per heavy atom. The first-order chi connectivity index (χ1) is 6.92. The van der Waals surface area contributed by atoms with Gasteiger partial charge < -0.3 is 27.6 Å². The van der Waals surface area contributed by atoms with Crippen molar-refractivity contribution < 1.29 is 9.90 Å². The van der Waals surface area contributed by atoms with E-state index in [-0.39, 0.29) is 18.9 Å². The van der Waals surface area contributed by atoms with Crippen molar-refractivity contribution >= 4 is 11.9 Å². The molecule has 0 aliphatic heterocycles. The lowest BCUT2D eigenvalue weighted by atomic mass is 9.91. The molecule has 0 aromatic rings. The van der Waals surface area contributed by atoms with E-state index in [1.165, 1.54) is 0 Å². The summed E-state index contributed by atoms with van der Waals surface area (Å²) in [5.74, 6) is -1.18. The monoisotopic (exact) mass is 217 g/mol. The van der Waals surface area contributed by atoms with Crippen molar-refractivity contribution in [1.82, 2.24) is 5.32 Å². The van der Waals surface area contributed by atoms with Gasteiger partial charge >= 0.3 is 5.97 Å². The molecule has 0 aromatic carbocycles. The summed E-state index contributed by atoms with van der Waals surface area (Å²) < 4.78 is 0. The molecule has 0 spiro atoms. The van der Waals surface area contributed by atoms with Crippen LogP contribution in [0.1, 0.15) is 19.3 Å². The molecular formula is C8H19N5O2. The Morgan fingerprint density at radius 3 is 2.47 bits per heavy atom. The second kappa shape index (κ2) is 6.20. The maximum atomic E-state index is 10.9. The zero-order valence-electron chi connectivity index (χ0n) is 8.62. The van der Waals surface area contributed by atoms with Crippen molar-refractivity contribution in [3.8, 4) is 0 Å². The second-order valence-corrected chi connectivity index (χ2v) is 3.44. The van der Waals surface area contributed by atoms with Gasteiger partial charge in [0.1, 0.15) is 5.54 Å². The van der Waals surface area contributed by atoms with Crippen molar-refractivity contribution in [2.45, 2.75) is 24.8 Å². The number of aliphatic carboxylic acids is 1. The van der Waals surface area contributed by atoms with Crippen molar-refractivity contribution in [1.29, 1.82) is 5.41 Å². The predicted molar refractivity (Wildman–Crippen MR) is 57.4 cm³/mol. The summed E-state index contributed by atoms with van der Waals surface area (Å²) >= 11 is 0. The van der Waals surface area contributed by atoms with Gasteiger partial charge in [0.2, 0.25) is 0 Å². The summed E-state index contributed by atoms with van der Waals surface area (Å²) in [7, 11) is 0. The Hall–Kier alpha value is -1.34. The van der Waals surface area contributed by atoms with Crippen molar-refractivity contribution in [2.75, 3.05) is 13.1 Å². The van der Waals surface area contributed by atoms with E-state index in [1.807, 2.05) is 0 Å². The van der Waals surface area contributed by atoms with E-state index in [1.54, 1.807) is 0 Å². The highest BCUT2D eigenvalue weighted by Crippen LogP contribution is 2.13. The number of carboxylic acid groups (broad SMARTS) is 1. The van der Waals surface area contributed by atoms with Gasteiger partial charge in [0.15, 0.2) is 5.96 Å². The Bertz CT molecular complexity index is 233. The Kier molecular flexibility index (Phi) is 5.65. The minimum atomic E-state index is -1.27. The fourth-order valence-corrected chi connectivity index (χ4v) is 1.22. The SMILES string of the molecule is N=C(N)NCCC[C@@](N)(CCN)C(=O)O. The lowest BCUT2D eigenvalue weighted by Crippen LogP contribution is -2.49. The quantitative estimate of drug-likeness (QED) is 0.171. The van der Waals surface area contributed by atoms with Gasteiger partial charge in [-0.15, -0.1) is 0 Å². The molecule has 0 heterocycles. The van der Waals surface area contributed by atoms with E-state index in [9.17, 15) is 4.79 Å². The van der Waals surface area contributed by atoms with E-state index in [0.717, 1.165) is 0 Å². The van der Waals surface area contributed by atoms with Gasteiger partial charge in [0.05, 0.1) is 0 Å². The molecular weight excluding hydrogens is 198 g/mol. The lowest BCUT2D eigenvalue weighted by Gasteiger charge is -2.23. The van der Waals surface area contributed by atoms with Gasteiger partial charge in [-0.1, -0.05) is 0 Å². The first kappa shape index (κ1) is 13.7. The van der Waals surface area contributed by atoms with E-state index < -0.39 is 11.5 Å². The largest absolute Gasteiger partial charge is 0.480 e. The summed E-state index contributed by atoms with van der Waals surface area (Å²) in [6.45, 7) is 0.676. The molecule has 0 saturated heterocycles. The molecule has 9 N–H and O–H groups in total. The maximum Gasteiger partial charge on any atom is 0.323 e. The van der Waals surface area contributed by atoms with Crippen LogP contribution in [-0.2, 0) is 4.79 Å². The van der Waals surface area contributed by atoms with E-state index >= 15 is 0 Å². The van der Waals surface area contributed by atoms with Crippen LogP contribution in [0.4, 0.5) is 0 Å². The fourth-order valence-electron chi connectivity index (χ4n) is 1.22. The van der Waals surface area contributed by atoms with Crippen LogP contribution in [0, 0.1) is 5.41 Å². The number of carboxylic acids is 1. The van der Waals surface area contributed by atoms with Crippen LogP contribution in [0.15, 0.2) is 0 Å². The molecule has 7 nitrogen and oxygen atoms in total. The molecule has 0 radical (unpaired) electrons. The summed E-state index contributed by atoms with van der Waals surface area (Å²) in [4.78, 5) is 10.9. The van der Waals surface area contributed by atoms with Crippen LogP contribution in [0.2, 0.25) is 0 Å². The lowest BCUT2D eigenvalue weighted by molar-refractivity contribution is -0.143. The number of guanidine groups is 1. The smallest absolute Gasteiger partial charge is 0.323 e. The van der Waals surface area contributed by atoms with Gasteiger partial charge in [-0.05, 0) is 25.8 Å². The van der Waals surface area contributed by atoms with Crippen molar-refractivity contribution in [2.24, 2.45) is 17.2 Å². The molecule has 0 fully saturated rings. The topological polar surface area (TPSA) is 151 Å². The molecule has 15 heavy (non-hydrogen) atoms. The molecule has 0 aliphatic rings. The molecule has 0 rings (SSSR count). The van der Waals surface area contributed by atoms with Crippen LogP contribution in [0.3, 0.4) is 0 Å². The van der Waals surface area contributed by atoms with Crippen LogP contribution in [-0.4, -0.2) is 35.7 Å². The number of hydrogen-bond acceptors (Lipinski definition) is 4. The normalized spacial score (nSPS) is 14.3. The Morgan fingerprint density at radius 1 is 1.47 bits per heavy atom. The minimum absolute atomic E-state index is 0.133. The Balaban J connectivity index is 3.97. The highest BCUT2D eigenvalue weighted by molar-refractivity contribution is 5.78. The van der Waals surface area contributed by atoms with Crippen LogP contribution in [0.5, 0.6) is 0 Å². The van der Waals surface area contributed by atoms with Crippen molar-refractivity contribution in [3.63, 3.8) is 0 Å². The van der Waals surface area contributed by atoms with E-state index in [0.29, 0.717) is 19.4 Å².